The Morgan fingerprint density at radius 2 is 2.17 bits per heavy atom. The average molecular weight is 319 g/mol. The van der Waals surface area contributed by atoms with Crippen molar-refractivity contribution in [3.8, 4) is 11.4 Å². The fraction of sp³-hybridized carbons (Fsp3) is 0.438. The van der Waals surface area contributed by atoms with Crippen LogP contribution in [0.3, 0.4) is 0 Å². The molecular weight excluding hydrogens is 301 g/mol. The van der Waals surface area contributed by atoms with E-state index in [4.69, 9.17) is 9.26 Å². The number of aryl methyl sites for hydroxylation is 1. The van der Waals surface area contributed by atoms with Crippen molar-refractivity contribution in [3.05, 3.63) is 36.0 Å². The monoisotopic (exact) mass is 319 g/mol. The molecule has 0 radical (unpaired) electrons. The number of halogens is 1. The van der Waals surface area contributed by atoms with Crippen LogP contribution in [0.2, 0.25) is 0 Å². The summed E-state index contributed by atoms with van der Waals surface area (Å²) in [5, 5.41) is 3.87. The highest BCUT2D eigenvalue weighted by molar-refractivity contribution is 5.76. The first-order valence-electron chi connectivity index (χ1n) is 7.60. The molecule has 0 bridgehead atoms. The number of carbonyl (C=O) groups excluding carboxylic acids is 1. The standard InChI is InChI=1S/C16H18FN3O3/c1-11-10-20(8-9-22-11)15(21)7-6-14-18-16(19-23-14)12-2-4-13(17)5-3-12/h2-5,11H,6-10H2,1H3/t11-/m0/s1. The highest BCUT2D eigenvalue weighted by Crippen LogP contribution is 2.17. The molecule has 0 spiro atoms. The predicted octanol–water partition coefficient (Wildman–Crippen LogP) is 2.06. The maximum atomic E-state index is 12.9. The van der Waals surface area contributed by atoms with E-state index in [2.05, 4.69) is 10.1 Å². The molecule has 0 unspecified atom stereocenters. The van der Waals surface area contributed by atoms with Crippen LogP contribution >= 0.6 is 0 Å². The van der Waals surface area contributed by atoms with Gasteiger partial charge in [0.05, 0.1) is 12.7 Å². The second kappa shape index (κ2) is 6.87. The summed E-state index contributed by atoms with van der Waals surface area (Å²) in [6, 6.07) is 5.86. The van der Waals surface area contributed by atoms with Gasteiger partial charge in [-0.1, -0.05) is 5.16 Å². The molecule has 7 heteroatoms. The van der Waals surface area contributed by atoms with E-state index in [-0.39, 0.29) is 17.8 Å². The number of hydrogen-bond donors (Lipinski definition) is 0. The number of rotatable bonds is 4. The predicted molar refractivity (Wildman–Crippen MR) is 80.0 cm³/mol. The van der Waals surface area contributed by atoms with Gasteiger partial charge in [-0.3, -0.25) is 4.79 Å². The van der Waals surface area contributed by atoms with E-state index in [9.17, 15) is 9.18 Å². The minimum absolute atomic E-state index is 0.0571. The molecule has 1 aliphatic rings. The number of carbonyl (C=O) groups is 1. The average Bonchev–Trinajstić information content (AvgIpc) is 3.02. The quantitative estimate of drug-likeness (QED) is 0.863. The lowest BCUT2D eigenvalue weighted by Gasteiger charge is -2.31. The van der Waals surface area contributed by atoms with Crippen LogP contribution in [-0.2, 0) is 16.0 Å². The first-order valence-corrected chi connectivity index (χ1v) is 7.60. The van der Waals surface area contributed by atoms with Crippen LogP contribution in [0, 0.1) is 5.82 Å². The van der Waals surface area contributed by atoms with Gasteiger partial charge in [-0.25, -0.2) is 4.39 Å². The Balaban J connectivity index is 1.56. The molecule has 2 heterocycles. The fourth-order valence-corrected chi connectivity index (χ4v) is 2.49. The van der Waals surface area contributed by atoms with Crippen molar-refractivity contribution >= 4 is 5.91 Å². The number of aromatic nitrogens is 2. The van der Waals surface area contributed by atoms with E-state index in [0.717, 1.165) is 0 Å². The molecule has 0 N–H and O–H groups in total. The lowest BCUT2D eigenvalue weighted by molar-refractivity contribution is -0.138. The smallest absolute Gasteiger partial charge is 0.227 e. The van der Waals surface area contributed by atoms with Crippen molar-refractivity contribution in [2.24, 2.45) is 0 Å². The SMILES string of the molecule is C[C@H]1CN(C(=O)CCc2nc(-c3ccc(F)cc3)no2)CCO1. The van der Waals surface area contributed by atoms with Gasteiger partial charge in [0.25, 0.3) is 0 Å². The fourth-order valence-electron chi connectivity index (χ4n) is 2.49. The van der Waals surface area contributed by atoms with Crippen molar-refractivity contribution in [2.75, 3.05) is 19.7 Å². The van der Waals surface area contributed by atoms with Gasteiger partial charge in [-0.15, -0.1) is 0 Å². The number of nitrogens with zero attached hydrogens (tertiary/aromatic N) is 3. The number of ether oxygens (including phenoxy) is 1. The maximum Gasteiger partial charge on any atom is 0.227 e. The number of morpholine rings is 1. The zero-order valence-corrected chi connectivity index (χ0v) is 12.9. The minimum atomic E-state index is -0.317. The van der Waals surface area contributed by atoms with Gasteiger partial charge in [0.2, 0.25) is 17.6 Å². The Bertz CT molecular complexity index is 671. The summed E-state index contributed by atoms with van der Waals surface area (Å²) in [5.74, 6) is 0.538. The summed E-state index contributed by atoms with van der Waals surface area (Å²) in [7, 11) is 0. The first kappa shape index (κ1) is 15.6. The van der Waals surface area contributed by atoms with Gasteiger partial charge in [-0.2, -0.15) is 4.98 Å². The van der Waals surface area contributed by atoms with Gasteiger partial charge in [0, 0.05) is 31.5 Å². The number of amides is 1. The molecule has 122 valence electrons. The third-order valence-electron chi connectivity index (χ3n) is 3.72. The van der Waals surface area contributed by atoms with Crippen molar-refractivity contribution < 1.29 is 18.4 Å². The minimum Gasteiger partial charge on any atom is -0.375 e. The van der Waals surface area contributed by atoms with Gasteiger partial charge >= 0.3 is 0 Å². The van der Waals surface area contributed by atoms with Crippen LogP contribution in [0.5, 0.6) is 0 Å². The summed E-state index contributed by atoms with van der Waals surface area (Å²) in [6.45, 7) is 3.76. The topological polar surface area (TPSA) is 68.5 Å². The van der Waals surface area contributed by atoms with Crippen LogP contribution in [0.1, 0.15) is 19.2 Å². The van der Waals surface area contributed by atoms with E-state index in [1.807, 2.05) is 6.92 Å². The molecule has 23 heavy (non-hydrogen) atoms. The van der Waals surface area contributed by atoms with E-state index < -0.39 is 0 Å². The number of hydrogen-bond acceptors (Lipinski definition) is 5. The van der Waals surface area contributed by atoms with Gasteiger partial charge in [-0.05, 0) is 31.2 Å². The Morgan fingerprint density at radius 3 is 2.91 bits per heavy atom. The molecule has 3 rings (SSSR count). The molecule has 2 aromatic rings. The molecular formula is C16H18FN3O3. The normalized spacial score (nSPS) is 18.2. The maximum absolute atomic E-state index is 12.9. The Kier molecular flexibility index (Phi) is 4.66. The Labute approximate surface area is 133 Å². The van der Waals surface area contributed by atoms with Crippen molar-refractivity contribution in [2.45, 2.75) is 25.9 Å². The second-order valence-electron chi connectivity index (χ2n) is 5.54. The van der Waals surface area contributed by atoms with Gasteiger partial charge < -0.3 is 14.2 Å². The van der Waals surface area contributed by atoms with E-state index >= 15 is 0 Å². The van der Waals surface area contributed by atoms with Crippen LogP contribution in [0.15, 0.2) is 28.8 Å². The van der Waals surface area contributed by atoms with E-state index in [0.29, 0.717) is 49.8 Å². The lowest BCUT2D eigenvalue weighted by atomic mass is 10.2. The molecule has 1 saturated heterocycles. The third-order valence-corrected chi connectivity index (χ3v) is 3.72. The van der Waals surface area contributed by atoms with E-state index in [1.165, 1.54) is 12.1 Å². The molecule has 0 saturated carbocycles. The van der Waals surface area contributed by atoms with Crippen LogP contribution in [0.25, 0.3) is 11.4 Å². The second-order valence-corrected chi connectivity index (χ2v) is 5.54. The molecule has 1 fully saturated rings. The van der Waals surface area contributed by atoms with Crippen molar-refractivity contribution in [1.82, 2.24) is 15.0 Å². The molecule has 1 atom stereocenters. The van der Waals surface area contributed by atoms with Crippen LogP contribution < -0.4 is 0 Å². The zero-order chi connectivity index (χ0) is 16.2. The highest BCUT2D eigenvalue weighted by atomic mass is 19.1. The molecule has 1 aromatic carbocycles. The summed E-state index contributed by atoms with van der Waals surface area (Å²) >= 11 is 0. The van der Waals surface area contributed by atoms with Crippen molar-refractivity contribution in [1.29, 1.82) is 0 Å². The number of benzene rings is 1. The largest absolute Gasteiger partial charge is 0.375 e. The van der Waals surface area contributed by atoms with Gasteiger partial charge in [0.1, 0.15) is 5.82 Å². The molecule has 6 nitrogen and oxygen atoms in total. The lowest BCUT2D eigenvalue weighted by Crippen LogP contribution is -2.44. The van der Waals surface area contributed by atoms with Crippen LogP contribution in [0.4, 0.5) is 4.39 Å². The molecule has 1 amide bonds. The van der Waals surface area contributed by atoms with E-state index in [1.54, 1.807) is 17.0 Å². The summed E-state index contributed by atoms with van der Waals surface area (Å²) in [5.41, 5.74) is 0.676. The molecule has 1 aromatic heterocycles. The summed E-state index contributed by atoms with van der Waals surface area (Å²) in [4.78, 5) is 18.2. The van der Waals surface area contributed by atoms with Gasteiger partial charge in [0.15, 0.2) is 0 Å². The highest BCUT2D eigenvalue weighted by Gasteiger charge is 2.21. The Morgan fingerprint density at radius 1 is 1.39 bits per heavy atom. The van der Waals surface area contributed by atoms with Crippen LogP contribution in [-0.4, -0.2) is 46.7 Å². The third kappa shape index (κ3) is 3.92. The zero-order valence-electron chi connectivity index (χ0n) is 12.9. The Hall–Kier alpha value is -2.28. The van der Waals surface area contributed by atoms with Crippen molar-refractivity contribution in [3.63, 3.8) is 0 Å². The molecule has 1 aliphatic heterocycles. The summed E-state index contributed by atoms with van der Waals surface area (Å²) < 4.78 is 23.5. The summed E-state index contributed by atoms with van der Waals surface area (Å²) in [6.07, 6.45) is 0.775. The first-order chi connectivity index (χ1) is 11.1. The molecule has 0 aliphatic carbocycles.